The number of fused-ring (bicyclic) bond motifs is 1. The van der Waals surface area contributed by atoms with Gasteiger partial charge in [-0.1, -0.05) is 45.7 Å². The molecule has 0 saturated carbocycles. The Hall–Kier alpha value is -2.31. The minimum absolute atomic E-state index is 0.131. The number of nitrogens with one attached hydrogen (secondary N) is 2. The van der Waals surface area contributed by atoms with Gasteiger partial charge in [0.25, 0.3) is 5.91 Å². The smallest absolute Gasteiger partial charge is 0.357 e. The molecule has 1 aromatic heterocycles. The van der Waals surface area contributed by atoms with Gasteiger partial charge >= 0.3 is 5.97 Å². The summed E-state index contributed by atoms with van der Waals surface area (Å²) in [6.45, 7) is 1.50. The highest BCUT2D eigenvalue weighted by molar-refractivity contribution is 9.10. The summed E-state index contributed by atoms with van der Waals surface area (Å²) in [5, 5.41) is 3.69. The topological polar surface area (TPSA) is 71.2 Å². The van der Waals surface area contributed by atoms with Crippen LogP contribution in [0.15, 0.2) is 53.0 Å². The van der Waals surface area contributed by atoms with Gasteiger partial charge < -0.3 is 15.0 Å². The van der Waals surface area contributed by atoms with E-state index in [9.17, 15) is 9.59 Å². The van der Waals surface area contributed by atoms with Crippen LogP contribution in [0, 0.1) is 0 Å². The van der Waals surface area contributed by atoms with Gasteiger partial charge in [0.2, 0.25) is 0 Å². The van der Waals surface area contributed by atoms with E-state index in [2.05, 4.69) is 26.2 Å². The third kappa shape index (κ3) is 3.86. The minimum Gasteiger partial charge on any atom is -0.448 e. The van der Waals surface area contributed by atoms with E-state index in [1.54, 1.807) is 30.3 Å². The summed E-state index contributed by atoms with van der Waals surface area (Å²) >= 11 is 9.54. The van der Waals surface area contributed by atoms with E-state index in [1.807, 2.05) is 18.2 Å². The molecule has 0 spiro atoms. The maximum atomic E-state index is 12.3. The van der Waals surface area contributed by atoms with Gasteiger partial charge in [0.15, 0.2) is 6.10 Å². The number of hydrogen-bond acceptors (Lipinski definition) is 3. The number of amides is 1. The minimum atomic E-state index is -0.973. The fourth-order valence-electron chi connectivity index (χ4n) is 2.30. The Morgan fingerprint density at radius 1 is 1.16 bits per heavy atom. The maximum absolute atomic E-state index is 12.3. The number of para-hydroxylation sites is 1. The second kappa shape index (κ2) is 7.29. The molecule has 2 aromatic carbocycles. The van der Waals surface area contributed by atoms with Crippen LogP contribution in [-0.2, 0) is 9.53 Å². The predicted molar refractivity (Wildman–Crippen MR) is 101 cm³/mol. The molecule has 3 aromatic rings. The fraction of sp³-hybridized carbons (Fsp3) is 0.111. The summed E-state index contributed by atoms with van der Waals surface area (Å²) in [5.74, 6) is -1.11. The molecular weight excluding hydrogens is 408 g/mol. The lowest BCUT2D eigenvalue weighted by atomic mass is 10.2. The molecule has 0 bridgehead atoms. The molecular formula is C18H14BrClN2O3. The Morgan fingerprint density at radius 3 is 2.52 bits per heavy atom. The normalized spacial score (nSPS) is 12.0. The van der Waals surface area contributed by atoms with Gasteiger partial charge in [-0.3, -0.25) is 4.79 Å². The molecule has 128 valence electrons. The van der Waals surface area contributed by atoms with Gasteiger partial charge in [-0.2, -0.15) is 0 Å². The van der Waals surface area contributed by atoms with Crippen LogP contribution in [0.4, 0.5) is 5.69 Å². The van der Waals surface area contributed by atoms with Gasteiger partial charge in [0, 0.05) is 21.1 Å². The number of esters is 1. The van der Waals surface area contributed by atoms with Crippen molar-refractivity contribution in [2.75, 3.05) is 5.32 Å². The van der Waals surface area contributed by atoms with Gasteiger partial charge in [-0.15, -0.1) is 0 Å². The summed E-state index contributed by atoms with van der Waals surface area (Å²) in [6.07, 6.45) is -0.973. The van der Waals surface area contributed by atoms with E-state index in [0.29, 0.717) is 5.69 Å². The van der Waals surface area contributed by atoms with E-state index in [1.165, 1.54) is 6.92 Å². The van der Waals surface area contributed by atoms with Crippen LogP contribution in [0.3, 0.4) is 0 Å². The third-order valence-corrected chi connectivity index (χ3v) is 4.53. The molecule has 0 fully saturated rings. The first-order valence-corrected chi connectivity index (χ1v) is 8.66. The van der Waals surface area contributed by atoms with E-state index < -0.39 is 18.0 Å². The Bertz CT molecular complexity index is 937. The van der Waals surface area contributed by atoms with E-state index in [-0.39, 0.29) is 10.7 Å². The van der Waals surface area contributed by atoms with Crippen LogP contribution in [0.25, 0.3) is 10.9 Å². The molecule has 2 N–H and O–H groups in total. The second-order valence-corrected chi connectivity index (χ2v) is 6.70. The number of benzene rings is 2. The number of halogens is 2. The van der Waals surface area contributed by atoms with Crippen molar-refractivity contribution in [3.8, 4) is 0 Å². The molecule has 1 heterocycles. The van der Waals surface area contributed by atoms with Crippen LogP contribution in [0.2, 0.25) is 5.02 Å². The molecule has 25 heavy (non-hydrogen) atoms. The predicted octanol–water partition coefficient (Wildman–Crippen LogP) is 4.77. The molecule has 5 nitrogen and oxygen atoms in total. The Balaban J connectivity index is 1.69. The molecule has 3 rings (SSSR count). The zero-order valence-corrected chi connectivity index (χ0v) is 15.5. The average Bonchev–Trinajstić information content (AvgIpc) is 2.94. The quantitative estimate of drug-likeness (QED) is 0.596. The second-order valence-electron chi connectivity index (χ2n) is 5.40. The summed E-state index contributed by atoms with van der Waals surface area (Å²) in [6, 6.07) is 14.4. The van der Waals surface area contributed by atoms with Crippen molar-refractivity contribution in [3.05, 3.63) is 63.7 Å². The van der Waals surface area contributed by atoms with Gasteiger partial charge in [-0.25, -0.2) is 4.79 Å². The van der Waals surface area contributed by atoms with E-state index in [4.69, 9.17) is 16.3 Å². The van der Waals surface area contributed by atoms with Crippen LogP contribution in [0.5, 0.6) is 0 Å². The highest BCUT2D eigenvalue weighted by atomic mass is 79.9. The number of H-pyrrole nitrogens is 1. The zero-order valence-electron chi connectivity index (χ0n) is 13.2. The summed E-state index contributed by atoms with van der Waals surface area (Å²) in [5.41, 5.74) is 1.47. The van der Waals surface area contributed by atoms with Crippen LogP contribution < -0.4 is 5.32 Å². The number of ether oxygens (including phenoxy) is 1. The number of anilines is 1. The largest absolute Gasteiger partial charge is 0.448 e. The molecule has 7 heteroatoms. The molecule has 0 aliphatic heterocycles. The standard InChI is InChI=1S/C18H14BrClN2O3/c1-10(17(23)21-12-8-6-11(19)7-9-12)25-18(24)16-15(20)13-4-2-3-5-14(13)22-16/h2-10,22H,1H3,(H,21,23). The molecule has 0 saturated heterocycles. The van der Waals surface area contributed by atoms with Crippen molar-refractivity contribution < 1.29 is 14.3 Å². The lowest BCUT2D eigenvalue weighted by Crippen LogP contribution is -2.30. The van der Waals surface area contributed by atoms with Crippen molar-refractivity contribution >= 4 is 56.0 Å². The molecule has 1 amide bonds. The van der Waals surface area contributed by atoms with Gasteiger partial charge in [0.05, 0.1) is 5.02 Å². The highest BCUT2D eigenvalue weighted by Crippen LogP contribution is 2.27. The molecule has 0 radical (unpaired) electrons. The first-order valence-electron chi connectivity index (χ1n) is 7.49. The van der Waals surface area contributed by atoms with E-state index >= 15 is 0 Å². The third-order valence-electron chi connectivity index (χ3n) is 3.61. The zero-order chi connectivity index (χ0) is 18.0. The number of hydrogen-bond donors (Lipinski definition) is 2. The van der Waals surface area contributed by atoms with Gasteiger partial charge in [0.1, 0.15) is 5.69 Å². The Kier molecular flexibility index (Phi) is 5.11. The van der Waals surface area contributed by atoms with Crippen LogP contribution in [0.1, 0.15) is 17.4 Å². The maximum Gasteiger partial charge on any atom is 0.357 e. The Morgan fingerprint density at radius 2 is 1.84 bits per heavy atom. The van der Waals surface area contributed by atoms with Crippen LogP contribution >= 0.6 is 27.5 Å². The van der Waals surface area contributed by atoms with Crippen molar-refractivity contribution in [2.24, 2.45) is 0 Å². The van der Waals surface area contributed by atoms with Crippen molar-refractivity contribution in [1.29, 1.82) is 0 Å². The number of carbonyl (C=O) groups is 2. The number of aromatic nitrogens is 1. The van der Waals surface area contributed by atoms with Gasteiger partial charge in [-0.05, 0) is 37.3 Å². The molecule has 1 unspecified atom stereocenters. The van der Waals surface area contributed by atoms with Crippen molar-refractivity contribution in [3.63, 3.8) is 0 Å². The van der Waals surface area contributed by atoms with Crippen LogP contribution in [-0.4, -0.2) is 23.0 Å². The SMILES string of the molecule is CC(OC(=O)c1[nH]c2ccccc2c1Cl)C(=O)Nc1ccc(Br)cc1. The Labute approximate surface area is 157 Å². The lowest BCUT2D eigenvalue weighted by molar-refractivity contribution is -0.123. The monoisotopic (exact) mass is 420 g/mol. The number of carbonyl (C=O) groups excluding carboxylic acids is 2. The first-order chi connectivity index (χ1) is 12.0. The van der Waals surface area contributed by atoms with Crippen molar-refractivity contribution in [1.82, 2.24) is 4.98 Å². The summed E-state index contributed by atoms with van der Waals surface area (Å²) < 4.78 is 6.13. The van der Waals surface area contributed by atoms with Crippen molar-refractivity contribution in [2.45, 2.75) is 13.0 Å². The number of rotatable bonds is 4. The molecule has 1 atom stereocenters. The fourth-order valence-corrected chi connectivity index (χ4v) is 2.85. The first kappa shape index (κ1) is 17.5. The average molecular weight is 422 g/mol. The summed E-state index contributed by atoms with van der Waals surface area (Å²) in [4.78, 5) is 27.4. The highest BCUT2D eigenvalue weighted by Gasteiger charge is 2.23. The van der Waals surface area contributed by atoms with E-state index in [0.717, 1.165) is 15.4 Å². The summed E-state index contributed by atoms with van der Waals surface area (Å²) in [7, 11) is 0. The number of aromatic amines is 1. The molecule has 0 aliphatic rings. The molecule has 0 aliphatic carbocycles. The lowest BCUT2D eigenvalue weighted by Gasteiger charge is -2.13.